The Morgan fingerprint density at radius 2 is 0.938 bits per heavy atom. The van der Waals surface area contributed by atoms with E-state index in [1.807, 2.05) is 0 Å². The van der Waals surface area contributed by atoms with Crippen LogP contribution in [0.15, 0.2) is 24.3 Å². The largest absolute Gasteiger partial charge is 0.494 e. The maximum absolute atomic E-state index is 5.98. The summed E-state index contributed by atoms with van der Waals surface area (Å²) in [6.07, 6.45) is 24.8. The van der Waals surface area contributed by atoms with Gasteiger partial charge in [0.15, 0.2) is 0 Å². The monoisotopic (exact) mass is 444 g/mol. The summed E-state index contributed by atoms with van der Waals surface area (Å²) in [5.41, 5.74) is 0. The fraction of sp³-hybridized carbons (Fsp3) is 0.800. The topological polar surface area (TPSA) is 18.5 Å². The van der Waals surface area contributed by atoms with Gasteiger partial charge in [0.25, 0.3) is 0 Å². The zero-order valence-electron chi connectivity index (χ0n) is 21.4. The molecule has 2 rings (SSSR count). The Bertz CT molecular complexity index is 530. The van der Waals surface area contributed by atoms with Crippen molar-refractivity contribution >= 4 is 0 Å². The molecule has 0 spiro atoms. The summed E-state index contributed by atoms with van der Waals surface area (Å²) in [6, 6.07) is 8.22. The zero-order valence-corrected chi connectivity index (χ0v) is 21.4. The fourth-order valence-corrected chi connectivity index (χ4v) is 5.11. The molecule has 1 aromatic rings. The van der Waals surface area contributed by atoms with Crippen LogP contribution in [0, 0.1) is 11.8 Å². The first kappa shape index (κ1) is 27.1. The molecule has 0 aliphatic heterocycles. The van der Waals surface area contributed by atoms with E-state index in [1.54, 1.807) is 0 Å². The molecule has 0 heterocycles. The Morgan fingerprint density at radius 1 is 0.531 bits per heavy atom. The summed E-state index contributed by atoms with van der Waals surface area (Å²) in [6.45, 7) is 6.23. The molecular weight excluding hydrogens is 392 g/mol. The highest BCUT2D eigenvalue weighted by molar-refractivity contribution is 5.31. The first-order valence-electron chi connectivity index (χ1n) is 14.2. The van der Waals surface area contributed by atoms with Gasteiger partial charge >= 0.3 is 0 Å². The Labute approximate surface area is 199 Å². The first-order chi connectivity index (χ1) is 15.8. The number of benzene rings is 1. The number of hydrogen-bond donors (Lipinski definition) is 0. The molecule has 184 valence electrons. The minimum Gasteiger partial charge on any atom is -0.494 e. The molecule has 0 aromatic heterocycles. The van der Waals surface area contributed by atoms with Gasteiger partial charge in [-0.3, -0.25) is 0 Å². The molecule has 0 bridgehead atoms. The van der Waals surface area contributed by atoms with Crippen molar-refractivity contribution in [1.82, 2.24) is 0 Å². The van der Waals surface area contributed by atoms with E-state index in [9.17, 15) is 0 Å². The third kappa shape index (κ3) is 12.8. The van der Waals surface area contributed by atoms with Crippen molar-refractivity contribution in [1.29, 1.82) is 0 Å². The molecule has 0 atom stereocenters. The Morgan fingerprint density at radius 3 is 1.47 bits per heavy atom. The quantitative estimate of drug-likeness (QED) is 0.198. The summed E-state index contributed by atoms with van der Waals surface area (Å²) in [4.78, 5) is 0. The van der Waals surface area contributed by atoms with Crippen LogP contribution in [0.25, 0.3) is 0 Å². The van der Waals surface area contributed by atoms with Crippen molar-refractivity contribution in [2.45, 2.75) is 129 Å². The molecule has 1 saturated carbocycles. The Kier molecular flexibility index (Phi) is 15.5. The van der Waals surface area contributed by atoms with Crippen LogP contribution < -0.4 is 9.47 Å². The lowest BCUT2D eigenvalue weighted by Gasteiger charge is -2.28. The molecular formula is C30H52O2. The summed E-state index contributed by atoms with van der Waals surface area (Å²) < 4.78 is 11.9. The van der Waals surface area contributed by atoms with E-state index in [0.717, 1.165) is 43.0 Å². The van der Waals surface area contributed by atoms with Gasteiger partial charge in [0.1, 0.15) is 11.5 Å². The van der Waals surface area contributed by atoms with Crippen molar-refractivity contribution < 1.29 is 9.47 Å². The second kappa shape index (κ2) is 18.3. The summed E-state index contributed by atoms with van der Waals surface area (Å²) in [7, 11) is 0. The third-order valence-corrected chi connectivity index (χ3v) is 7.30. The summed E-state index contributed by atoms with van der Waals surface area (Å²) in [5, 5.41) is 0. The van der Waals surface area contributed by atoms with Crippen LogP contribution in [-0.2, 0) is 0 Å². The average Bonchev–Trinajstić information content (AvgIpc) is 2.83. The lowest BCUT2D eigenvalue weighted by molar-refractivity contribution is 0.228. The molecule has 2 nitrogen and oxygen atoms in total. The van der Waals surface area contributed by atoms with Gasteiger partial charge in [-0.1, -0.05) is 110 Å². The molecule has 32 heavy (non-hydrogen) atoms. The van der Waals surface area contributed by atoms with Crippen molar-refractivity contribution in [3.63, 3.8) is 0 Å². The van der Waals surface area contributed by atoms with Crippen molar-refractivity contribution in [3.8, 4) is 11.5 Å². The van der Waals surface area contributed by atoms with Crippen LogP contribution in [-0.4, -0.2) is 13.2 Å². The Hall–Kier alpha value is -1.18. The highest BCUT2D eigenvalue weighted by atomic mass is 16.5. The molecule has 2 heteroatoms. The van der Waals surface area contributed by atoms with Gasteiger partial charge in [0, 0.05) is 0 Å². The Balaban J connectivity index is 1.45. The predicted octanol–water partition coefficient (Wildman–Crippen LogP) is 9.75. The van der Waals surface area contributed by atoms with E-state index < -0.39 is 0 Å². The fourth-order valence-electron chi connectivity index (χ4n) is 5.11. The zero-order chi connectivity index (χ0) is 22.7. The van der Waals surface area contributed by atoms with Crippen molar-refractivity contribution in [3.05, 3.63) is 24.3 Å². The third-order valence-electron chi connectivity index (χ3n) is 7.30. The maximum Gasteiger partial charge on any atom is 0.119 e. The average molecular weight is 445 g/mol. The van der Waals surface area contributed by atoms with Gasteiger partial charge < -0.3 is 9.47 Å². The molecule has 0 unspecified atom stereocenters. The number of unbranched alkanes of at least 4 members (excludes halogenated alkanes) is 9. The lowest BCUT2D eigenvalue weighted by Crippen LogP contribution is -2.15. The number of ether oxygens (including phenoxy) is 2. The highest BCUT2D eigenvalue weighted by Gasteiger charge is 2.20. The van der Waals surface area contributed by atoms with Crippen molar-refractivity contribution in [2.24, 2.45) is 11.8 Å². The van der Waals surface area contributed by atoms with E-state index in [2.05, 4.69) is 38.1 Å². The van der Waals surface area contributed by atoms with Crippen LogP contribution in [0.3, 0.4) is 0 Å². The highest BCUT2D eigenvalue weighted by Crippen LogP contribution is 2.34. The second-order valence-electron chi connectivity index (χ2n) is 10.2. The van der Waals surface area contributed by atoms with E-state index in [0.29, 0.717) is 0 Å². The molecule has 0 radical (unpaired) electrons. The molecule has 1 aliphatic carbocycles. The van der Waals surface area contributed by atoms with Crippen LogP contribution >= 0.6 is 0 Å². The van der Waals surface area contributed by atoms with Crippen LogP contribution in [0.4, 0.5) is 0 Å². The summed E-state index contributed by atoms with van der Waals surface area (Å²) >= 11 is 0. The normalized spacial score (nSPS) is 18.6. The van der Waals surface area contributed by atoms with E-state index in [4.69, 9.17) is 9.47 Å². The lowest BCUT2D eigenvalue weighted by atomic mass is 9.78. The number of hydrogen-bond acceptors (Lipinski definition) is 2. The predicted molar refractivity (Wildman–Crippen MR) is 139 cm³/mol. The van der Waals surface area contributed by atoms with Gasteiger partial charge in [-0.25, -0.2) is 0 Å². The molecule has 1 fully saturated rings. The first-order valence-corrected chi connectivity index (χ1v) is 14.2. The van der Waals surface area contributed by atoms with Gasteiger partial charge in [-0.15, -0.1) is 0 Å². The second-order valence-corrected chi connectivity index (χ2v) is 10.2. The van der Waals surface area contributed by atoms with E-state index in [1.165, 1.54) is 109 Å². The van der Waals surface area contributed by atoms with Gasteiger partial charge in [-0.05, 0) is 55.4 Å². The van der Waals surface area contributed by atoms with E-state index in [-0.39, 0.29) is 0 Å². The summed E-state index contributed by atoms with van der Waals surface area (Å²) in [5.74, 6) is 3.90. The van der Waals surface area contributed by atoms with Crippen LogP contribution in [0.1, 0.15) is 129 Å². The van der Waals surface area contributed by atoms with Gasteiger partial charge in [0.2, 0.25) is 0 Å². The molecule has 1 aliphatic rings. The molecule has 1 aromatic carbocycles. The molecule has 0 N–H and O–H groups in total. The smallest absolute Gasteiger partial charge is 0.119 e. The van der Waals surface area contributed by atoms with E-state index >= 15 is 0 Å². The maximum atomic E-state index is 5.98. The SMILES string of the molecule is CCCCCCCCOc1ccc(OCCC[C@H]2CC[C@H](CCCCCCC)CC2)cc1. The molecule has 0 amide bonds. The minimum atomic E-state index is 0.827. The minimum absolute atomic E-state index is 0.827. The van der Waals surface area contributed by atoms with Gasteiger partial charge in [-0.2, -0.15) is 0 Å². The van der Waals surface area contributed by atoms with Crippen LogP contribution in [0.2, 0.25) is 0 Å². The van der Waals surface area contributed by atoms with Crippen molar-refractivity contribution in [2.75, 3.05) is 13.2 Å². The van der Waals surface area contributed by atoms with Crippen LogP contribution in [0.5, 0.6) is 11.5 Å². The molecule has 0 saturated heterocycles. The van der Waals surface area contributed by atoms with Gasteiger partial charge in [0.05, 0.1) is 13.2 Å². The standard InChI is InChI=1S/C30H52O2/c1-3-5-7-9-11-13-25-31-29-21-23-30(24-22-29)32-26-14-16-28-19-17-27(18-20-28)15-12-10-8-6-4-2/h21-24,27-28H,3-20,25-26H2,1-2H3/t27-,28-. The number of rotatable bonds is 19.